The van der Waals surface area contributed by atoms with Gasteiger partial charge in [-0.25, -0.2) is 0 Å². The molecule has 2 rings (SSSR count). The van der Waals surface area contributed by atoms with Crippen LogP contribution in [0.2, 0.25) is 0 Å². The lowest BCUT2D eigenvalue weighted by Gasteiger charge is -2.49. The summed E-state index contributed by atoms with van der Waals surface area (Å²) in [6.07, 6.45) is 9.86. The van der Waals surface area contributed by atoms with E-state index in [4.69, 9.17) is 4.74 Å². The van der Waals surface area contributed by atoms with Crippen molar-refractivity contribution < 1.29 is 14.6 Å². The molecule has 1 saturated carbocycles. The van der Waals surface area contributed by atoms with Gasteiger partial charge >= 0.3 is 5.97 Å². The Labute approximate surface area is 103 Å². The van der Waals surface area contributed by atoms with E-state index in [-0.39, 0.29) is 17.3 Å². The van der Waals surface area contributed by atoms with Gasteiger partial charge in [-0.15, -0.1) is 0 Å². The fourth-order valence-electron chi connectivity index (χ4n) is 3.33. The number of methoxy groups -OCH3 is 1. The normalized spacial score (nSPS) is 41.5. The van der Waals surface area contributed by atoms with Crippen molar-refractivity contribution in [2.45, 2.75) is 51.0 Å². The molecule has 0 unspecified atom stereocenters. The summed E-state index contributed by atoms with van der Waals surface area (Å²) in [6, 6.07) is 0. The van der Waals surface area contributed by atoms with E-state index in [1.54, 1.807) is 0 Å². The van der Waals surface area contributed by atoms with Gasteiger partial charge in [0.05, 0.1) is 18.6 Å². The largest absolute Gasteiger partial charge is 0.469 e. The van der Waals surface area contributed by atoms with E-state index in [9.17, 15) is 9.90 Å². The maximum atomic E-state index is 11.5. The first-order valence-electron chi connectivity index (χ1n) is 6.50. The van der Waals surface area contributed by atoms with E-state index < -0.39 is 5.60 Å². The average molecular weight is 238 g/mol. The Bertz CT molecular complexity index is 332. The zero-order valence-corrected chi connectivity index (χ0v) is 10.7. The van der Waals surface area contributed by atoms with E-state index >= 15 is 0 Å². The molecule has 3 heteroatoms. The Morgan fingerprint density at radius 3 is 2.59 bits per heavy atom. The molecule has 0 aliphatic heterocycles. The Hall–Kier alpha value is -0.830. The number of aliphatic hydroxyl groups is 1. The molecular formula is C14H22O3. The maximum absolute atomic E-state index is 11.5. The molecule has 0 aromatic rings. The van der Waals surface area contributed by atoms with Crippen molar-refractivity contribution in [3.8, 4) is 0 Å². The molecule has 96 valence electrons. The van der Waals surface area contributed by atoms with Crippen LogP contribution in [0.1, 0.15) is 45.4 Å². The highest BCUT2D eigenvalue weighted by Gasteiger charge is 2.48. The Kier molecular flexibility index (Phi) is 3.30. The molecule has 0 amide bonds. The first kappa shape index (κ1) is 12.6. The molecule has 1 spiro atoms. The molecule has 0 radical (unpaired) electrons. The fourth-order valence-corrected chi connectivity index (χ4v) is 3.33. The van der Waals surface area contributed by atoms with Crippen LogP contribution in [0, 0.1) is 11.3 Å². The van der Waals surface area contributed by atoms with Crippen LogP contribution < -0.4 is 0 Å². The standard InChI is InChI=1S/C14H22O3/c1-13(16)7-3-4-8-14(13)9-5-11(6-10-14)12(15)17-2/h5,9,11,16H,3-4,6-8,10H2,1-2H3/t11-,13+,14-/m0/s1. The van der Waals surface area contributed by atoms with E-state index in [0.717, 1.165) is 32.1 Å². The maximum Gasteiger partial charge on any atom is 0.312 e. The second-order valence-corrected chi connectivity index (χ2v) is 5.66. The number of carbonyl (C=O) groups excluding carboxylic acids is 1. The van der Waals surface area contributed by atoms with Crippen molar-refractivity contribution in [2.24, 2.45) is 11.3 Å². The van der Waals surface area contributed by atoms with E-state index in [1.165, 1.54) is 13.5 Å². The monoisotopic (exact) mass is 238 g/mol. The predicted molar refractivity (Wildman–Crippen MR) is 65.4 cm³/mol. The van der Waals surface area contributed by atoms with Crippen LogP contribution in [0.15, 0.2) is 12.2 Å². The van der Waals surface area contributed by atoms with Crippen LogP contribution >= 0.6 is 0 Å². The van der Waals surface area contributed by atoms with Crippen LogP contribution in [-0.2, 0) is 9.53 Å². The zero-order chi connectivity index (χ0) is 12.5. The second kappa shape index (κ2) is 4.45. The van der Waals surface area contributed by atoms with Gasteiger partial charge in [0.15, 0.2) is 0 Å². The van der Waals surface area contributed by atoms with Crippen LogP contribution in [-0.4, -0.2) is 23.8 Å². The molecule has 1 fully saturated rings. The number of hydrogen-bond acceptors (Lipinski definition) is 3. The molecule has 1 N–H and O–H groups in total. The van der Waals surface area contributed by atoms with Gasteiger partial charge in [-0.3, -0.25) is 4.79 Å². The van der Waals surface area contributed by atoms with E-state index in [0.29, 0.717) is 0 Å². The number of carbonyl (C=O) groups is 1. The van der Waals surface area contributed by atoms with Crippen LogP contribution in [0.4, 0.5) is 0 Å². The summed E-state index contributed by atoms with van der Waals surface area (Å²) in [4.78, 5) is 11.5. The van der Waals surface area contributed by atoms with Gasteiger partial charge in [-0.2, -0.15) is 0 Å². The number of esters is 1. The molecule has 0 heterocycles. The number of hydrogen-bond donors (Lipinski definition) is 1. The minimum Gasteiger partial charge on any atom is -0.469 e. The highest BCUT2D eigenvalue weighted by atomic mass is 16.5. The molecule has 2 aliphatic carbocycles. The van der Waals surface area contributed by atoms with Crippen LogP contribution in [0.3, 0.4) is 0 Å². The molecule has 0 bridgehead atoms. The highest BCUT2D eigenvalue weighted by molar-refractivity contribution is 5.74. The van der Waals surface area contributed by atoms with Crippen LogP contribution in [0.5, 0.6) is 0 Å². The topological polar surface area (TPSA) is 46.5 Å². The fraction of sp³-hybridized carbons (Fsp3) is 0.786. The molecule has 0 saturated heterocycles. The lowest BCUT2D eigenvalue weighted by atomic mass is 9.59. The third kappa shape index (κ3) is 2.13. The van der Waals surface area contributed by atoms with Gasteiger partial charge < -0.3 is 9.84 Å². The third-order valence-corrected chi connectivity index (χ3v) is 4.66. The van der Waals surface area contributed by atoms with Crippen molar-refractivity contribution in [3.05, 3.63) is 12.2 Å². The van der Waals surface area contributed by atoms with E-state index in [1.807, 2.05) is 13.0 Å². The minimum atomic E-state index is -0.622. The smallest absolute Gasteiger partial charge is 0.312 e. The summed E-state index contributed by atoms with van der Waals surface area (Å²) < 4.78 is 4.76. The molecule has 3 nitrogen and oxygen atoms in total. The summed E-state index contributed by atoms with van der Waals surface area (Å²) in [7, 11) is 1.43. The van der Waals surface area contributed by atoms with Gasteiger partial charge in [0.1, 0.15) is 0 Å². The summed E-state index contributed by atoms with van der Waals surface area (Å²) in [5.74, 6) is -0.282. The van der Waals surface area contributed by atoms with Gasteiger partial charge in [-0.1, -0.05) is 25.0 Å². The lowest BCUT2D eigenvalue weighted by molar-refractivity contribution is -0.145. The number of ether oxygens (including phenoxy) is 1. The minimum absolute atomic E-state index is 0.115. The van der Waals surface area contributed by atoms with Gasteiger partial charge in [0.25, 0.3) is 0 Å². The van der Waals surface area contributed by atoms with Gasteiger partial charge in [0.2, 0.25) is 0 Å². The first-order chi connectivity index (χ1) is 8.01. The summed E-state index contributed by atoms with van der Waals surface area (Å²) in [5, 5.41) is 10.6. The van der Waals surface area contributed by atoms with E-state index in [2.05, 4.69) is 6.08 Å². The molecular weight excluding hydrogens is 216 g/mol. The van der Waals surface area contributed by atoms with Crippen molar-refractivity contribution >= 4 is 5.97 Å². The molecule has 2 aliphatic rings. The SMILES string of the molecule is COC(=O)[C@H]1C=C[C@@]2(CCCC[C@@]2(C)O)CC1. The summed E-state index contributed by atoms with van der Waals surface area (Å²) >= 11 is 0. The second-order valence-electron chi connectivity index (χ2n) is 5.66. The number of rotatable bonds is 1. The molecule has 0 aromatic carbocycles. The van der Waals surface area contributed by atoms with Crippen molar-refractivity contribution in [1.82, 2.24) is 0 Å². The predicted octanol–water partition coefficient (Wildman–Crippen LogP) is 2.44. The quantitative estimate of drug-likeness (QED) is 0.564. The first-order valence-corrected chi connectivity index (χ1v) is 6.50. The average Bonchev–Trinajstić information content (AvgIpc) is 2.33. The molecule has 17 heavy (non-hydrogen) atoms. The van der Waals surface area contributed by atoms with Gasteiger partial charge in [-0.05, 0) is 32.6 Å². The van der Waals surface area contributed by atoms with Crippen LogP contribution in [0.25, 0.3) is 0 Å². The lowest BCUT2D eigenvalue weighted by Crippen LogP contribution is -2.48. The molecule has 3 atom stereocenters. The summed E-state index contributed by atoms with van der Waals surface area (Å²) in [5.41, 5.74) is -0.737. The third-order valence-electron chi connectivity index (χ3n) is 4.66. The Morgan fingerprint density at radius 1 is 1.35 bits per heavy atom. The van der Waals surface area contributed by atoms with Gasteiger partial charge in [0, 0.05) is 5.41 Å². The zero-order valence-electron chi connectivity index (χ0n) is 10.7. The molecule has 0 aromatic heterocycles. The Balaban J connectivity index is 2.17. The Morgan fingerprint density at radius 2 is 2.06 bits per heavy atom. The highest BCUT2D eigenvalue weighted by Crippen LogP contribution is 2.51. The van der Waals surface area contributed by atoms with Crippen molar-refractivity contribution in [2.75, 3.05) is 7.11 Å². The van der Waals surface area contributed by atoms with Crippen molar-refractivity contribution in [1.29, 1.82) is 0 Å². The van der Waals surface area contributed by atoms with Crippen molar-refractivity contribution in [3.63, 3.8) is 0 Å². The summed E-state index contributed by atoms with van der Waals surface area (Å²) in [6.45, 7) is 1.94.